The van der Waals surface area contributed by atoms with Gasteiger partial charge in [0.25, 0.3) is 5.91 Å². The molecule has 0 fully saturated rings. The largest absolute Gasteiger partial charge is 0.493 e. The molecule has 178 valence electrons. The molecule has 3 aromatic carbocycles. The molecule has 4 rings (SSSR count). The maximum absolute atomic E-state index is 12.7. The molecule has 1 heterocycles. The summed E-state index contributed by atoms with van der Waals surface area (Å²) in [7, 11) is 1.50. The van der Waals surface area contributed by atoms with Crippen molar-refractivity contribution in [3.8, 4) is 29.1 Å². The van der Waals surface area contributed by atoms with E-state index in [0.717, 1.165) is 5.56 Å². The Kier molecular flexibility index (Phi) is 7.71. The highest BCUT2D eigenvalue weighted by Crippen LogP contribution is 2.39. The van der Waals surface area contributed by atoms with E-state index in [0.29, 0.717) is 38.7 Å². The molecular formula is C25H17BrCl2N2O5. The molecule has 0 saturated heterocycles. The number of fused-ring (bicyclic) bond motifs is 1. The molecule has 0 aromatic heterocycles. The Morgan fingerprint density at radius 1 is 1.20 bits per heavy atom. The van der Waals surface area contributed by atoms with Crippen LogP contribution in [0.25, 0.3) is 6.08 Å². The Bertz CT molecular complexity index is 1370. The monoisotopic (exact) mass is 574 g/mol. The smallest absolute Gasteiger partial charge is 0.266 e. The van der Waals surface area contributed by atoms with Crippen molar-refractivity contribution < 1.29 is 23.7 Å². The van der Waals surface area contributed by atoms with Crippen molar-refractivity contribution in [2.75, 3.05) is 19.2 Å². The standard InChI is InChI=1S/C25H17BrCl2N2O5/c1-32-22-10-15(7-16(11-29)25(31)30-19-4-2-3-18(27)23(19)28)8-17(26)24(22)33-12-14-5-6-20-21(9-14)35-13-34-20/h2-10H,12-13H2,1H3,(H,30,31)/b16-7-. The Morgan fingerprint density at radius 3 is 2.77 bits per heavy atom. The summed E-state index contributed by atoms with van der Waals surface area (Å²) in [6, 6.07) is 15.7. The molecule has 0 aliphatic carbocycles. The van der Waals surface area contributed by atoms with Crippen molar-refractivity contribution in [3.05, 3.63) is 79.7 Å². The molecule has 1 aliphatic rings. The van der Waals surface area contributed by atoms with E-state index in [2.05, 4.69) is 21.2 Å². The van der Waals surface area contributed by atoms with Crippen LogP contribution in [-0.4, -0.2) is 19.8 Å². The summed E-state index contributed by atoms with van der Waals surface area (Å²) in [5, 5.41) is 12.6. The zero-order chi connectivity index (χ0) is 24.9. The Balaban J connectivity index is 1.53. The van der Waals surface area contributed by atoms with Gasteiger partial charge in [-0.2, -0.15) is 5.26 Å². The summed E-state index contributed by atoms with van der Waals surface area (Å²) >= 11 is 15.6. The predicted molar refractivity (Wildman–Crippen MR) is 136 cm³/mol. The minimum atomic E-state index is -0.630. The number of rotatable bonds is 7. The van der Waals surface area contributed by atoms with Crippen molar-refractivity contribution in [2.45, 2.75) is 6.61 Å². The highest BCUT2D eigenvalue weighted by atomic mass is 79.9. The average Bonchev–Trinajstić information content (AvgIpc) is 3.32. The summed E-state index contributed by atoms with van der Waals surface area (Å²) in [6.45, 7) is 0.454. The normalized spacial score (nSPS) is 12.1. The maximum atomic E-state index is 12.7. The van der Waals surface area contributed by atoms with Gasteiger partial charge in [-0.3, -0.25) is 4.79 Å². The highest BCUT2D eigenvalue weighted by molar-refractivity contribution is 9.10. The van der Waals surface area contributed by atoms with Gasteiger partial charge >= 0.3 is 0 Å². The molecule has 1 amide bonds. The minimum absolute atomic E-state index is 0.135. The molecule has 1 N–H and O–H groups in total. The van der Waals surface area contributed by atoms with Gasteiger partial charge in [-0.15, -0.1) is 0 Å². The van der Waals surface area contributed by atoms with Crippen molar-refractivity contribution >= 4 is 56.8 Å². The third-order valence-electron chi connectivity index (χ3n) is 4.95. The van der Waals surface area contributed by atoms with Gasteiger partial charge in [-0.05, 0) is 69.5 Å². The number of halogens is 3. The first-order valence-electron chi connectivity index (χ1n) is 10.2. The first kappa shape index (κ1) is 24.7. The van der Waals surface area contributed by atoms with Gasteiger partial charge in [0.2, 0.25) is 6.79 Å². The van der Waals surface area contributed by atoms with E-state index in [-0.39, 0.29) is 29.0 Å². The lowest BCUT2D eigenvalue weighted by Crippen LogP contribution is -2.13. The van der Waals surface area contributed by atoms with Crippen molar-refractivity contribution in [1.29, 1.82) is 5.26 Å². The number of benzene rings is 3. The molecule has 0 spiro atoms. The van der Waals surface area contributed by atoms with Crippen LogP contribution in [-0.2, 0) is 11.4 Å². The summed E-state index contributed by atoms with van der Waals surface area (Å²) in [5.74, 6) is 1.62. The Morgan fingerprint density at radius 2 is 2.00 bits per heavy atom. The van der Waals surface area contributed by atoms with E-state index >= 15 is 0 Å². The van der Waals surface area contributed by atoms with Crippen LogP contribution in [0.3, 0.4) is 0 Å². The van der Waals surface area contributed by atoms with Gasteiger partial charge in [0, 0.05) is 0 Å². The molecule has 0 atom stereocenters. The lowest BCUT2D eigenvalue weighted by Gasteiger charge is -2.14. The fourth-order valence-corrected chi connectivity index (χ4v) is 4.18. The molecule has 0 bridgehead atoms. The second-order valence-electron chi connectivity index (χ2n) is 7.24. The van der Waals surface area contributed by atoms with Crippen LogP contribution >= 0.6 is 39.1 Å². The Labute approximate surface area is 219 Å². The average molecular weight is 576 g/mol. The number of amides is 1. The zero-order valence-electron chi connectivity index (χ0n) is 18.2. The van der Waals surface area contributed by atoms with Crippen LogP contribution in [0.2, 0.25) is 10.0 Å². The lowest BCUT2D eigenvalue weighted by atomic mass is 10.1. The Hall–Kier alpha value is -3.38. The minimum Gasteiger partial charge on any atom is -0.493 e. The zero-order valence-corrected chi connectivity index (χ0v) is 21.3. The van der Waals surface area contributed by atoms with Crippen LogP contribution in [0.15, 0.2) is 58.6 Å². The van der Waals surface area contributed by atoms with Gasteiger partial charge in [0.15, 0.2) is 23.0 Å². The number of carbonyl (C=O) groups excluding carboxylic acids is 1. The molecular weight excluding hydrogens is 559 g/mol. The molecule has 0 unspecified atom stereocenters. The number of nitrogens with one attached hydrogen (secondary N) is 1. The molecule has 0 radical (unpaired) electrons. The van der Waals surface area contributed by atoms with Gasteiger partial charge in [0.05, 0.1) is 27.3 Å². The topological polar surface area (TPSA) is 89.8 Å². The highest BCUT2D eigenvalue weighted by Gasteiger charge is 2.17. The SMILES string of the molecule is COc1cc(/C=C(/C#N)C(=O)Nc2cccc(Cl)c2Cl)cc(Br)c1OCc1ccc2c(c1)OCO2. The van der Waals surface area contributed by atoms with Crippen LogP contribution in [0, 0.1) is 11.3 Å². The maximum Gasteiger partial charge on any atom is 0.266 e. The number of hydrogen-bond acceptors (Lipinski definition) is 6. The van der Waals surface area contributed by atoms with Gasteiger partial charge in [0.1, 0.15) is 18.2 Å². The van der Waals surface area contributed by atoms with Crippen LogP contribution < -0.4 is 24.3 Å². The summed E-state index contributed by atoms with van der Waals surface area (Å²) in [4.78, 5) is 12.7. The third kappa shape index (κ3) is 5.65. The molecule has 35 heavy (non-hydrogen) atoms. The first-order chi connectivity index (χ1) is 16.9. The van der Waals surface area contributed by atoms with Gasteiger partial charge in [-0.1, -0.05) is 35.3 Å². The predicted octanol–water partition coefficient (Wildman–Crippen LogP) is 6.62. The van der Waals surface area contributed by atoms with E-state index in [1.807, 2.05) is 24.3 Å². The number of nitrogens with zero attached hydrogens (tertiary/aromatic N) is 1. The molecule has 3 aromatic rings. The fraction of sp³-hybridized carbons (Fsp3) is 0.120. The van der Waals surface area contributed by atoms with Crippen LogP contribution in [0.1, 0.15) is 11.1 Å². The fourth-order valence-electron chi connectivity index (χ4n) is 3.25. The van der Waals surface area contributed by atoms with Crippen LogP contribution in [0.5, 0.6) is 23.0 Å². The van der Waals surface area contributed by atoms with Crippen LogP contribution in [0.4, 0.5) is 5.69 Å². The number of ether oxygens (including phenoxy) is 4. The lowest BCUT2D eigenvalue weighted by molar-refractivity contribution is -0.112. The van der Waals surface area contributed by atoms with Gasteiger partial charge in [-0.25, -0.2) is 0 Å². The quantitative estimate of drug-likeness (QED) is 0.251. The number of carbonyl (C=O) groups is 1. The van der Waals surface area contributed by atoms with E-state index in [1.54, 1.807) is 30.3 Å². The molecule has 1 aliphatic heterocycles. The second-order valence-corrected chi connectivity index (χ2v) is 8.88. The van der Waals surface area contributed by atoms with E-state index in [9.17, 15) is 10.1 Å². The summed E-state index contributed by atoms with van der Waals surface area (Å²) < 4.78 is 22.8. The number of nitriles is 1. The van der Waals surface area contributed by atoms with Crippen molar-refractivity contribution in [3.63, 3.8) is 0 Å². The number of hydrogen-bond donors (Lipinski definition) is 1. The number of anilines is 1. The summed E-state index contributed by atoms with van der Waals surface area (Å²) in [6.07, 6.45) is 1.43. The first-order valence-corrected chi connectivity index (χ1v) is 11.7. The van der Waals surface area contributed by atoms with Crippen molar-refractivity contribution in [2.24, 2.45) is 0 Å². The molecule has 10 heteroatoms. The van der Waals surface area contributed by atoms with E-state index < -0.39 is 5.91 Å². The van der Waals surface area contributed by atoms with E-state index in [1.165, 1.54) is 13.2 Å². The van der Waals surface area contributed by atoms with Gasteiger partial charge < -0.3 is 24.3 Å². The second kappa shape index (κ2) is 10.9. The molecule has 0 saturated carbocycles. The third-order valence-corrected chi connectivity index (χ3v) is 6.36. The molecule has 7 nitrogen and oxygen atoms in total. The number of methoxy groups -OCH3 is 1. The summed E-state index contributed by atoms with van der Waals surface area (Å²) in [5.41, 5.74) is 1.60. The van der Waals surface area contributed by atoms with Crippen molar-refractivity contribution in [1.82, 2.24) is 0 Å². The van der Waals surface area contributed by atoms with E-state index in [4.69, 9.17) is 42.1 Å².